The van der Waals surface area contributed by atoms with Crippen molar-refractivity contribution in [2.75, 3.05) is 20.2 Å². The molecule has 0 unspecified atom stereocenters. The molecule has 1 aliphatic rings. The van der Waals surface area contributed by atoms with E-state index in [0.717, 1.165) is 18.4 Å². The minimum absolute atomic E-state index is 0.528. The molecule has 106 valence electrons. The van der Waals surface area contributed by atoms with E-state index in [-0.39, 0.29) is 0 Å². The van der Waals surface area contributed by atoms with Crippen molar-refractivity contribution in [1.29, 1.82) is 0 Å². The zero-order chi connectivity index (χ0) is 14.4. The van der Waals surface area contributed by atoms with E-state index in [9.17, 15) is 9.59 Å². The Balaban J connectivity index is 1.92. The Morgan fingerprint density at radius 2 is 2.00 bits per heavy atom. The van der Waals surface area contributed by atoms with Gasteiger partial charge in [0, 0.05) is 18.7 Å². The van der Waals surface area contributed by atoms with Gasteiger partial charge in [-0.3, -0.25) is 9.59 Å². The normalized spacial score (nSPS) is 14.6. The van der Waals surface area contributed by atoms with Crippen LogP contribution in [-0.2, 0) is 9.59 Å². The van der Waals surface area contributed by atoms with E-state index in [4.69, 9.17) is 4.74 Å². The molecule has 1 saturated heterocycles. The Morgan fingerprint density at radius 1 is 1.30 bits per heavy atom. The van der Waals surface area contributed by atoms with Crippen LogP contribution in [0, 0.1) is 0 Å². The first kappa shape index (κ1) is 14.0. The number of amides is 2. The number of hydrogen-bond donors (Lipinski definition) is 1. The number of nitrogens with one attached hydrogen (secondary N) is 1. The largest absolute Gasteiger partial charge is 0.496 e. The Bertz CT molecular complexity index is 522. The molecule has 1 aromatic carbocycles. The highest BCUT2D eigenvalue weighted by Gasteiger charge is 2.23. The highest BCUT2D eigenvalue weighted by molar-refractivity contribution is 6.35. The molecule has 6 nitrogen and oxygen atoms in total. The second kappa shape index (κ2) is 6.70. The molecule has 6 heteroatoms. The van der Waals surface area contributed by atoms with Crippen LogP contribution in [0.2, 0.25) is 0 Å². The second-order valence-electron chi connectivity index (χ2n) is 4.44. The molecule has 0 atom stereocenters. The maximum absolute atomic E-state index is 11.7. The molecule has 1 aromatic rings. The van der Waals surface area contributed by atoms with Crippen molar-refractivity contribution in [3.63, 3.8) is 0 Å². The maximum Gasteiger partial charge on any atom is 0.329 e. The number of ether oxygens (including phenoxy) is 1. The number of nitrogens with zero attached hydrogens (tertiary/aromatic N) is 2. The second-order valence-corrected chi connectivity index (χ2v) is 4.44. The number of carbonyl (C=O) groups excluding carboxylic acids is 2. The van der Waals surface area contributed by atoms with E-state index in [1.54, 1.807) is 19.2 Å². The van der Waals surface area contributed by atoms with Crippen LogP contribution in [0.5, 0.6) is 5.75 Å². The number of rotatable bonds is 3. The summed E-state index contributed by atoms with van der Waals surface area (Å²) in [6.07, 6.45) is 3.35. The van der Waals surface area contributed by atoms with Crippen molar-refractivity contribution in [1.82, 2.24) is 10.3 Å². The van der Waals surface area contributed by atoms with Crippen molar-refractivity contribution in [2.45, 2.75) is 12.8 Å². The molecule has 0 spiro atoms. The Labute approximate surface area is 117 Å². The van der Waals surface area contributed by atoms with Gasteiger partial charge in [-0.1, -0.05) is 12.1 Å². The van der Waals surface area contributed by atoms with Crippen LogP contribution < -0.4 is 10.2 Å². The third-order valence-electron chi connectivity index (χ3n) is 3.10. The first-order chi connectivity index (χ1) is 9.72. The summed E-state index contributed by atoms with van der Waals surface area (Å²) < 4.78 is 5.15. The van der Waals surface area contributed by atoms with Crippen LogP contribution in [0.25, 0.3) is 0 Å². The highest BCUT2D eigenvalue weighted by Crippen LogP contribution is 2.14. The minimum atomic E-state index is -0.710. The summed E-state index contributed by atoms with van der Waals surface area (Å²) in [7, 11) is 1.56. The molecule has 2 rings (SSSR count). The standard InChI is InChI=1S/C14H17N3O3/c1-20-12-7-3-2-6-11(12)10-15-16-13(18)14(19)17-8-4-5-9-17/h2-3,6-7,10H,4-5,8-9H2,1H3,(H,16,18)/b15-10-. The van der Waals surface area contributed by atoms with Gasteiger partial charge in [0.05, 0.1) is 13.3 Å². The van der Waals surface area contributed by atoms with Crippen molar-refractivity contribution in [2.24, 2.45) is 5.10 Å². The maximum atomic E-state index is 11.7. The van der Waals surface area contributed by atoms with Crippen LogP contribution in [-0.4, -0.2) is 43.1 Å². The van der Waals surface area contributed by atoms with Gasteiger partial charge in [-0.2, -0.15) is 5.10 Å². The molecule has 0 radical (unpaired) electrons. The number of hydrazone groups is 1. The van der Waals surface area contributed by atoms with Gasteiger partial charge in [-0.25, -0.2) is 5.43 Å². The summed E-state index contributed by atoms with van der Waals surface area (Å²) in [6, 6.07) is 7.27. The molecule has 1 heterocycles. The van der Waals surface area contributed by atoms with Crippen molar-refractivity contribution >= 4 is 18.0 Å². The van der Waals surface area contributed by atoms with E-state index in [0.29, 0.717) is 18.8 Å². The molecular formula is C14H17N3O3. The Morgan fingerprint density at radius 3 is 2.70 bits per heavy atom. The monoisotopic (exact) mass is 275 g/mol. The van der Waals surface area contributed by atoms with Gasteiger partial charge in [0.25, 0.3) is 0 Å². The molecule has 0 aliphatic carbocycles. The number of hydrogen-bond acceptors (Lipinski definition) is 4. The summed E-state index contributed by atoms with van der Waals surface area (Å²) in [5.41, 5.74) is 2.97. The van der Waals surface area contributed by atoms with Crippen LogP contribution >= 0.6 is 0 Å². The van der Waals surface area contributed by atoms with Crippen molar-refractivity contribution < 1.29 is 14.3 Å². The van der Waals surface area contributed by atoms with E-state index >= 15 is 0 Å². The first-order valence-corrected chi connectivity index (χ1v) is 6.47. The van der Waals surface area contributed by atoms with Gasteiger partial charge in [-0.05, 0) is 25.0 Å². The van der Waals surface area contributed by atoms with E-state index in [1.807, 2.05) is 12.1 Å². The number of methoxy groups -OCH3 is 1. The van der Waals surface area contributed by atoms with Crippen LogP contribution in [0.15, 0.2) is 29.4 Å². The number of carbonyl (C=O) groups is 2. The number of para-hydroxylation sites is 1. The summed E-state index contributed by atoms with van der Waals surface area (Å²) >= 11 is 0. The zero-order valence-electron chi connectivity index (χ0n) is 11.3. The molecule has 1 fully saturated rings. The molecular weight excluding hydrogens is 258 g/mol. The highest BCUT2D eigenvalue weighted by atomic mass is 16.5. The molecule has 2 amide bonds. The molecule has 20 heavy (non-hydrogen) atoms. The van der Waals surface area contributed by atoms with Gasteiger partial charge >= 0.3 is 11.8 Å². The van der Waals surface area contributed by atoms with Gasteiger partial charge < -0.3 is 9.64 Å². The lowest BCUT2D eigenvalue weighted by molar-refractivity contribution is -0.145. The number of benzene rings is 1. The SMILES string of the molecule is COc1ccccc1/C=N\NC(=O)C(=O)N1CCCC1. The van der Waals surface area contributed by atoms with Crippen molar-refractivity contribution in [3.05, 3.63) is 29.8 Å². The predicted octanol–water partition coefficient (Wildman–Crippen LogP) is 0.768. The number of likely N-dealkylation sites (tertiary alicyclic amines) is 1. The quantitative estimate of drug-likeness (QED) is 0.503. The third-order valence-corrected chi connectivity index (χ3v) is 3.10. The molecule has 0 bridgehead atoms. The van der Waals surface area contributed by atoms with E-state index in [2.05, 4.69) is 10.5 Å². The molecule has 1 aliphatic heterocycles. The predicted molar refractivity (Wildman–Crippen MR) is 74.5 cm³/mol. The van der Waals surface area contributed by atoms with E-state index in [1.165, 1.54) is 11.1 Å². The average molecular weight is 275 g/mol. The van der Waals surface area contributed by atoms with Crippen LogP contribution in [0.3, 0.4) is 0 Å². The zero-order valence-corrected chi connectivity index (χ0v) is 11.3. The average Bonchev–Trinajstić information content (AvgIpc) is 3.01. The Kier molecular flexibility index (Phi) is 4.70. The van der Waals surface area contributed by atoms with Crippen molar-refractivity contribution in [3.8, 4) is 5.75 Å². The summed E-state index contributed by atoms with van der Waals surface area (Å²) in [5, 5.41) is 3.79. The van der Waals surface area contributed by atoms with Crippen LogP contribution in [0.4, 0.5) is 0 Å². The topological polar surface area (TPSA) is 71.0 Å². The lowest BCUT2D eigenvalue weighted by Gasteiger charge is -2.12. The minimum Gasteiger partial charge on any atom is -0.496 e. The molecule has 1 N–H and O–H groups in total. The van der Waals surface area contributed by atoms with Gasteiger partial charge in [0.2, 0.25) is 0 Å². The lowest BCUT2D eigenvalue weighted by atomic mass is 10.2. The lowest BCUT2D eigenvalue weighted by Crippen LogP contribution is -2.39. The first-order valence-electron chi connectivity index (χ1n) is 6.47. The van der Waals surface area contributed by atoms with Gasteiger partial charge in [0.1, 0.15) is 5.75 Å². The fourth-order valence-electron chi connectivity index (χ4n) is 2.05. The van der Waals surface area contributed by atoms with E-state index < -0.39 is 11.8 Å². The summed E-state index contributed by atoms with van der Waals surface area (Å²) in [5.74, 6) is -0.589. The van der Waals surface area contributed by atoms with Gasteiger partial charge in [0.15, 0.2) is 0 Å². The smallest absolute Gasteiger partial charge is 0.329 e. The fraction of sp³-hybridized carbons (Fsp3) is 0.357. The summed E-state index contributed by atoms with van der Waals surface area (Å²) in [6.45, 7) is 1.28. The Hall–Kier alpha value is -2.37. The third kappa shape index (κ3) is 3.34. The summed E-state index contributed by atoms with van der Waals surface area (Å²) in [4.78, 5) is 24.9. The molecule has 0 saturated carbocycles. The van der Waals surface area contributed by atoms with Crippen LogP contribution in [0.1, 0.15) is 18.4 Å². The van der Waals surface area contributed by atoms with Gasteiger partial charge in [-0.15, -0.1) is 0 Å². The molecule has 0 aromatic heterocycles. The fourth-order valence-corrected chi connectivity index (χ4v) is 2.05.